The zero-order valence-corrected chi connectivity index (χ0v) is 11.7. The molecule has 1 N–H and O–H groups in total. The van der Waals surface area contributed by atoms with Gasteiger partial charge in [0, 0.05) is 13.5 Å². The van der Waals surface area contributed by atoms with Gasteiger partial charge in [0.05, 0.1) is 6.54 Å². The second-order valence-electron chi connectivity index (χ2n) is 4.94. The first-order chi connectivity index (χ1) is 9.31. The van der Waals surface area contributed by atoms with Gasteiger partial charge in [-0.1, -0.05) is 19.9 Å². The summed E-state index contributed by atoms with van der Waals surface area (Å²) < 4.78 is 26.8. The molecule has 0 heterocycles. The van der Waals surface area contributed by atoms with Crippen molar-refractivity contribution in [3.63, 3.8) is 0 Å². The summed E-state index contributed by atoms with van der Waals surface area (Å²) in [6.07, 6.45) is 0. The van der Waals surface area contributed by atoms with Gasteiger partial charge in [-0.05, 0) is 18.1 Å². The van der Waals surface area contributed by atoms with E-state index < -0.39 is 23.2 Å². The Morgan fingerprint density at radius 1 is 1.25 bits per heavy atom. The average Bonchev–Trinajstić information content (AvgIpc) is 2.32. The molecule has 4 nitrogen and oxygen atoms in total. The van der Waals surface area contributed by atoms with E-state index in [1.807, 2.05) is 13.8 Å². The lowest BCUT2D eigenvalue weighted by Gasteiger charge is -2.22. The van der Waals surface area contributed by atoms with Crippen molar-refractivity contribution >= 4 is 17.5 Å². The first-order valence-electron chi connectivity index (χ1n) is 6.30. The van der Waals surface area contributed by atoms with E-state index in [2.05, 4.69) is 5.32 Å². The molecule has 0 aliphatic carbocycles. The molecular formula is C14H18F2N2O2. The Morgan fingerprint density at radius 3 is 2.25 bits per heavy atom. The minimum atomic E-state index is -0.850. The maximum Gasteiger partial charge on any atom is 0.244 e. The van der Waals surface area contributed by atoms with Crippen LogP contribution in [-0.2, 0) is 9.59 Å². The third-order valence-corrected chi connectivity index (χ3v) is 2.59. The summed E-state index contributed by atoms with van der Waals surface area (Å²) in [5.41, 5.74) is -0.495. The SMILES string of the molecule is CC(=O)N(CC(=O)Nc1c(F)cccc1F)CC(C)C. The quantitative estimate of drug-likeness (QED) is 0.902. The maximum absolute atomic E-state index is 13.4. The van der Waals surface area contributed by atoms with E-state index in [9.17, 15) is 18.4 Å². The highest BCUT2D eigenvalue weighted by atomic mass is 19.1. The minimum absolute atomic E-state index is 0.192. The molecule has 0 atom stereocenters. The maximum atomic E-state index is 13.4. The molecule has 20 heavy (non-hydrogen) atoms. The smallest absolute Gasteiger partial charge is 0.244 e. The molecule has 0 bridgehead atoms. The Labute approximate surface area is 116 Å². The van der Waals surface area contributed by atoms with Crippen LogP contribution in [0.4, 0.5) is 14.5 Å². The molecule has 2 amide bonds. The van der Waals surface area contributed by atoms with E-state index in [-0.39, 0.29) is 18.4 Å². The molecule has 6 heteroatoms. The summed E-state index contributed by atoms with van der Waals surface area (Å²) >= 11 is 0. The molecule has 1 aromatic rings. The van der Waals surface area contributed by atoms with E-state index in [0.717, 1.165) is 12.1 Å². The molecule has 0 aliphatic rings. The molecule has 0 unspecified atom stereocenters. The topological polar surface area (TPSA) is 49.4 Å². The van der Waals surface area contributed by atoms with Crippen molar-refractivity contribution in [2.45, 2.75) is 20.8 Å². The molecule has 1 aromatic carbocycles. The van der Waals surface area contributed by atoms with Crippen LogP contribution in [0.15, 0.2) is 18.2 Å². The number of amides is 2. The number of carbonyl (C=O) groups excluding carboxylic acids is 2. The summed E-state index contributed by atoms with van der Waals surface area (Å²) in [6.45, 7) is 5.33. The number of nitrogens with zero attached hydrogens (tertiary/aromatic N) is 1. The number of benzene rings is 1. The van der Waals surface area contributed by atoms with Gasteiger partial charge in [-0.25, -0.2) is 8.78 Å². The van der Waals surface area contributed by atoms with Crippen molar-refractivity contribution in [3.8, 4) is 0 Å². The molecule has 0 aromatic heterocycles. The van der Waals surface area contributed by atoms with Gasteiger partial charge in [0.1, 0.15) is 17.3 Å². The lowest BCUT2D eigenvalue weighted by molar-refractivity contribution is -0.133. The van der Waals surface area contributed by atoms with Crippen LogP contribution in [-0.4, -0.2) is 29.8 Å². The van der Waals surface area contributed by atoms with Crippen molar-refractivity contribution in [3.05, 3.63) is 29.8 Å². The Balaban J connectivity index is 2.73. The predicted molar refractivity (Wildman–Crippen MR) is 72.1 cm³/mol. The van der Waals surface area contributed by atoms with E-state index in [4.69, 9.17) is 0 Å². The van der Waals surface area contributed by atoms with Gasteiger partial charge >= 0.3 is 0 Å². The van der Waals surface area contributed by atoms with Gasteiger partial charge in [0.25, 0.3) is 0 Å². The third kappa shape index (κ3) is 4.60. The number of rotatable bonds is 5. The highest BCUT2D eigenvalue weighted by Gasteiger charge is 2.17. The minimum Gasteiger partial charge on any atom is -0.333 e. The Kier molecular flexibility index (Phi) is 5.61. The standard InChI is InChI=1S/C14H18F2N2O2/c1-9(2)7-18(10(3)19)8-13(20)17-14-11(15)5-4-6-12(14)16/h4-6,9H,7-8H2,1-3H3,(H,17,20). The highest BCUT2D eigenvalue weighted by molar-refractivity contribution is 5.94. The molecule has 1 rings (SSSR count). The van der Waals surface area contributed by atoms with Crippen molar-refractivity contribution in [2.24, 2.45) is 5.92 Å². The van der Waals surface area contributed by atoms with Crippen molar-refractivity contribution < 1.29 is 18.4 Å². The lowest BCUT2D eigenvalue weighted by Crippen LogP contribution is -2.39. The second kappa shape index (κ2) is 6.98. The molecule has 0 aliphatic heterocycles. The number of anilines is 1. The first kappa shape index (κ1) is 16.1. The van der Waals surface area contributed by atoms with Crippen LogP contribution < -0.4 is 5.32 Å². The number of hydrogen-bond acceptors (Lipinski definition) is 2. The summed E-state index contributed by atoms with van der Waals surface area (Å²) in [5, 5.41) is 2.15. The summed E-state index contributed by atoms with van der Waals surface area (Å²) in [5.74, 6) is -2.40. The van der Waals surface area contributed by atoms with Crippen LogP contribution >= 0.6 is 0 Å². The van der Waals surface area contributed by atoms with Crippen molar-refractivity contribution in [1.82, 2.24) is 4.90 Å². The average molecular weight is 284 g/mol. The number of hydrogen-bond donors (Lipinski definition) is 1. The van der Waals surface area contributed by atoms with E-state index in [1.54, 1.807) is 0 Å². The van der Waals surface area contributed by atoms with Gasteiger partial charge in [0.15, 0.2) is 0 Å². The molecule has 0 fully saturated rings. The number of carbonyl (C=O) groups is 2. The Hall–Kier alpha value is -1.98. The van der Waals surface area contributed by atoms with Gasteiger partial charge in [-0.15, -0.1) is 0 Å². The molecule has 0 radical (unpaired) electrons. The van der Waals surface area contributed by atoms with Crippen LogP contribution in [0.3, 0.4) is 0 Å². The highest BCUT2D eigenvalue weighted by Crippen LogP contribution is 2.17. The zero-order chi connectivity index (χ0) is 15.3. The number of para-hydroxylation sites is 1. The normalized spacial score (nSPS) is 10.5. The van der Waals surface area contributed by atoms with Crippen LogP contribution in [0, 0.1) is 17.6 Å². The summed E-state index contributed by atoms with van der Waals surface area (Å²) in [6, 6.07) is 3.31. The lowest BCUT2D eigenvalue weighted by atomic mass is 10.2. The van der Waals surface area contributed by atoms with Crippen molar-refractivity contribution in [1.29, 1.82) is 0 Å². The monoisotopic (exact) mass is 284 g/mol. The first-order valence-corrected chi connectivity index (χ1v) is 6.30. The van der Waals surface area contributed by atoms with Crippen LogP contribution in [0.25, 0.3) is 0 Å². The van der Waals surface area contributed by atoms with E-state index >= 15 is 0 Å². The molecule has 0 saturated heterocycles. The fraction of sp³-hybridized carbons (Fsp3) is 0.429. The molecule has 0 saturated carbocycles. The molecule has 0 spiro atoms. The largest absolute Gasteiger partial charge is 0.333 e. The van der Waals surface area contributed by atoms with Gasteiger partial charge in [-0.2, -0.15) is 0 Å². The molecular weight excluding hydrogens is 266 g/mol. The summed E-state index contributed by atoms with van der Waals surface area (Å²) in [4.78, 5) is 24.5. The van der Waals surface area contributed by atoms with Crippen LogP contribution in [0.2, 0.25) is 0 Å². The fourth-order valence-corrected chi connectivity index (χ4v) is 1.71. The second-order valence-corrected chi connectivity index (χ2v) is 4.94. The van der Waals surface area contributed by atoms with E-state index in [1.165, 1.54) is 17.9 Å². The number of halogens is 2. The van der Waals surface area contributed by atoms with Crippen LogP contribution in [0.5, 0.6) is 0 Å². The van der Waals surface area contributed by atoms with Crippen LogP contribution in [0.1, 0.15) is 20.8 Å². The molecule has 110 valence electrons. The van der Waals surface area contributed by atoms with E-state index in [0.29, 0.717) is 6.54 Å². The Morgan fingerprint density at radius 2 is 1.80 bits per heavy atom. The van der Waals surface area contributed by atoms with Gasteiger partial charge < -0.3 is 10.2 Å². The fourth-order valence-electron chi connectivity index (χ4n) is 1.71. The zero-order valence-electron chi connectivity index (χ0n) is 11.7. The Bertz CT molecular complexity index is 484. The predicted octanol–water partition coefficient (Wildman–Crippen LogP) is 2.41. The summed E-state index contributed by atoms with van der Waals surface area (Å²) in [7, 11) is 0. The number of nitrogens with one attached hydrogen (secondary N) is 1. The van der Waals surface area contributed by atoms with Crippen molar-refractivity contribution in [2.75, 3.05) is 18.4 Å². The van der Waals surface area contributed by atoms with Gasteiger partial charge in [-0.3, -0.25) is 9.59 Å². The van der Waals surface area contributed by atoms with Gasteiger partial charge in [0.2, 0.25) is 11.8 Å². The third-order valence-electron chi connectivity index (χ3n) is 2.59.